The number of fused-ring (bicyclic) bond motifs is 2. The van der Waals surface area contributed by atoms with E-state index < -0.39 is 32.0 Å². The molecule has 0 amide bonds. The van der Waals surface area contributed by atoms with E-state index in [-0.39, 0.29) is 16.6 Å². The van der Waals surface area contributed by atoms with Crippen molar-refractivity contribution in [2.75, 3.05) is 22.2 Å². The Morgan fingerprint density at radius 3 is 2.33 bits per heavy atom. The zero-order chi connectivity index (χ0) is 30.2. The first-order chi connectivity index (χ1) is 19.9. The van der Waals surface area contributed by atoms with Crippen LogP contribution in [0.2, 0.25) is 5.02 Å². The van der Waals surface area contributed by atoms with Crippen molar-refractivity contribution in [1.82, 2.24) is 0 Å². The number of oxazole rings is 1. The minimum absolute atomic E-state index is 0.0999. The molecule has 0 unspecified atom stereocenters. The number of rotatable bonds is 8. The lowest BCUT2D eigenvalue weighted by Crippen LogP contribution is -2.39. The highest BCUT2D eigenvalue weighted by molar-refractivity contribution is 7.85. The summed E-state index contributed by atoms with van der Waals surface area (Å²) < 4.78 is 74.3. The van der Waals surface area contributed by atoms with E-state index >= 15 is 0 Å². The Kier molecular flexibility index (Phi) is 7.84. The summed E-state index contributed by atoms with van der Waals surface area (Å²) in [7, 11) is -8.95. The fourth-order valence-electron chi connectivity index (χ4n) is 4.81. The van der Waals surface area contributed by atoms with Crippen molar-refractivity contribution in [2.24, 2.45) is 0 Å². The van der Waals surface area contributed by atoms with Gasteiger partial charge in [0.2, 0.25) is 11.3 Å². The molecular weight excluding hydrogens is 604 g/mol. The van der Waals surface area contributed by atoms with E-state index in [9.17, 15) is 25.9 Å². The number of anilines is 2. The standard InChI is InChI=1S/C28H23ClN4O7S2/c1-3-31-23-15-21(29)22(30-2)16-24(23)32(17-41(34,35)36)27(31)10-7-11-28-33(18-42(37,38)39)25-14-20(12-13-26(25)40-28)19-8-5-4-6-9-19/h4-16H,3,17-18H2,1H3,(H-,34,35,36,37,38,39)/p+1. The zero-order valence-electron chi connectivity index (χ0n) is 22.0. The van der Waals surface area contributed by atoms with Crippen LogP contribution >= 0.6 is 11.6 Å². The molecule has 1 aliphatic heterocycles. The summed E-state index contributed by atoms with van der Waals surface area (Å²) in [6.45, 7) is 9.60. The molecule has 2 N–H and O–H groups in total. The second kappa shape index (κ2) is 11.2. The summed E-state index contributed by atoms with van der Waals surface area (Å²) in [6.07, 6.45) is 4.55. The number of hydrogen-bond acceptors (Lipinski definition) is 7. The predicted octanol–water partition coefficient (Wildman–Crippen LogP) is 5.48. The highest BCUT2D eigenvalue weighted by Crippen LogP contribution is 2.46. The number of allylic oxidation sites excluding steroid dienone is 2. The molecule has 42 heavy (non-hydrogen) atoms. The van der Waals surface area contributed by atoms with E-state index in [1.54, 1.807) is 29.2 Å². The summed E-state index contributed by atoms with van der Waals surface area (Å²) in [5, 5.41) is 0.189. The second-order valence-corrected chi connectivity index (χ2v) is 12.6. The molecule has 11 nitrogen and oxygen atoms in total. The molecule has 1 aromatic heterocycles. The fraction of sp³-hybridized carbons (Fsp3) is 0.143. The van der Waals surface area contributed by atoms with Crippen molar-refractivity contribution in [3.05, 3.63) is 101 Å². The minimum Gasteiger partial charge on any atom is -0.398 e. The maximum atomic E-state index is 11.9. The van der Waals surface area contributed by atoms with Crippen molar-refractivity contribution in [3.8, 4) is 11.1 Å². The molecule has 3 aromatic carbocycles. The van der Waals surface area contributed by atoms with Crippen molar-refractivity contribution in [2.45, 2.75) is 12.8 Å². The van der Waals surface area contributed by atoms with E-state index in [1.165, 1.54) is 27.7 Å². The van der Waals surface area contributed by atoms with E-state index in [1.807, 2.05) is 43.3 Å². The smallest absolute Gasteiger partial charge is 0.375 e. The topological polar surface area (TPSA) is 137 Å². The Labute approximate surface area is 247 Å². The molecule has 216 valence electrons. The van der Waals surface area contributed by atoms with Crippen molar-refractivity contribution >= 4 is 66.1 Å². The van der Waals surface area contributed by atoms with Gasteiger partial charge in [-0.15, -0.1) is 4.57 Å². The SMILES string of the molecule is [C-]#[N+]c1cc2c(cc1Cl)N(CC)/C(=C\C=C\c1oc3ccc(-c4ccccc4)cc3[n+]1CS(=O)(=O)O)N2CS(=O)(=O)O. The van der Waals surface area contributed by atoms with Crippen LogP contribution in [0.5, 0.6) is 0 Å². The zero-order valence-corrected chi connectivity index (χ0v) is 24.4. The van der Waals surface area contributed by atoms with Gasteiger partial charge >= 0.3 is 16.0 Å². The average Bonchev–Trinajstić information content (AvgIpc) is 3.40. The molecular formula is C28H24ClN4O7S2+. The van der Waals surface area contributed by atoms with Gasteiger partial charge in [0.05, 0.1) is 24.0 Å². The first kappa shape index (κ1) is 29.3. The van der Waals surface area contributed by atoms with E-state index in [2.05, 4.69) is 4.85 Å². The van der Waals surface area contributed by atoms with E-state index in [4.69, 9.17) is 22.6 Å². The average molecular weight is 628 g/mol. The largest absolute Gasteiger partial charge is 0.398 e. The Morgan fingerprint density at radius 1 is 0.976 bits per heavy atom. The van der Waals surface area contributed by atoms with Crippen LogP contribution in [0.1, 0.15) is 12.8 Å². The van der Waals surface area contributed by atoms with Gasteiger partial charge in [-0.2, -0.15) is 16.8 Å². The third-order valence-electron chi connectivity index (χ3n) is 6.52. The molecule has 1 aliphatic rings. The molecule has 2 heterocycles. The molecule has 5 rings (SSSR count). The minimum atomic E-state index is -4.49. The monoisotopic (exact) mass is 627 g/mol. The lowest BCUT2D eigenvalue weighted by molar-refractivity contribution is -0.658. The highest BCUT2D eigenvalue weighted by atomic mass is 35.5. The molecule has 0 atom stereocenters. The Hall–Kier alpha value is -4.19. The summed E-state index contributed by atoms with van der Waals surface area (Å²) in [6, 6.07) is 17.8. The van der Waals surface area contributed by atoms with E-state index in [0.717, 1.165) is 11.1 Å². The van der Waals surface area contributed by atoms with Crippen LogP contribution in [-0.4, -0.2) is 38.4 Å². The van der Waals surface area contributed by atoms with Gasteiger partial charge in [-0.3, -0.25) is 9.11 Å². The number of halogens is 1. The van der Waals surface area contributed by atoms with Crippen LogP contribution in [0.4, 0.5) is 17.1 Å². The molecule has 0 fully saturated rings. The van der Waals surface area contributed by atoms with Crippen LogP contribution in [0.15, 0.2) is 83.1 Å². The number of aromatic nitrogens is 1. The van der Waals surface area contributed by atoms with Crippen LogP contribution in [0.3, 0.4) is 0 Å². The van der Waals surface area contributed by atoms with Gasteiger partial charge in [0, 0.05) is 17.6 Å². The summed E-state index contributed by atoms with van der Waals surface area (Å²) >= 11 is 6.26. The molecule has 0 saturated heterocycles. The maximum absolute atomic E-state index is 11.9. The van der Waals surface area contributed by atoms with Crippen LogP contribution in [-0.2, 0) is 26.1 Å². The van der Waals surface area contributed by atoms with Gasteiger partial charge in [-0.25, -0.2) is 4.85 Å². The lowest BCUT2D eigenvalue weighted by atomic mass is 10.1. The molecule has 0 radical (unpaired) electrons. The summed E-state index contributed by atoms with van der Waals surface area (Å²) in [5.41, 5.74) is 3.54. The molecule has 0 aliphatic carbocycles. The molecule has 0 bridgehead atoms. The first-order valence-corrected chi connectivity index (χ1v) is 16.0. The second-order valence-electron chi connectivity index (χ2n) is 9.30. The van der Waals surface area contributed by atoms with Gasteiger partial charge in [0.15, 0.2) is 5.88 Å². The normalized spacial score (nSPS) is 14.7. The number of benzene rings is 3. The lowest BCUT2D eigenvalue weighted by Gasteiger charge is -2.23. The van der Waals surface area contributed by atoms with Crippen LogP contribution < -0.4 is 14.4 Å². The molecule has 0 spiro atoms. The molecule has 0 saturated carbocycles. The first-order valence-electron chi connectivity index (χ1n) is 12.4. The number of nitrogens with zero attached hydrogens (tertiary/aromatic N) is 4. The van der Waals surface area contributed by atoms with Gasteiger partial charge in [-0.05, 0) is 48.4 Å². The Bertz CT molecular complexity index is 2020. The maximum Gasteiger partial charge on any atom is 0.375 e. The van der Waals surface area contributed by atoms with Crippen molar-refractivity contribution < 1.29 is 34.9 Å². The third-order valence-corrected chi connectivity index (χ3v) is 7.99. The van der Waals surface area contributed by atoms with Gasteiger partial charge in [-0.1, -0.05) is 48.0 Å². The van der Waals surface area contributed by atoms with Gasteiger partial charge < -0.3 is 14.2 Å². The number of hydrogen-bond donors (Lipinski definition) is 2. The summed E-state index contributed by atoms with van der Waals surface area (Å²) in [4.78, 5) is 6.47. The molecule has 14 heteroatoms. The Morgan fingerprint density at radius 2 is 1.69 bits per heavy atom. The Balaban J connectivity index is 1.61. The third kappa shape index (κ3) is 6.03. The van der Waals surface area contributed by atoms with E-state index in [0.29, 0.717) is 34.8 Å². The van der Waals surface area contributed by atoms with Crippen LogP contribution in [0.25, 0.3) is 33.1 Å². The quantitative estimate of drug-likeness (QED) is 0.148. The predicted molar refractivity (Wildman–Crippen MR) is 160 cm³/mol. The van der Waals surface area contributed by atoms with Crippen molar-refractivity contribution in [3.63, 3.8) is 0 Å². The van der Waals surface area contributed by atoms with Gasteiger partial charge in [0.1, 0.15) is 5.82 Å². The summed E-state index contributed by atoms with van der Waals surface area (Å²) in [5.74, 6) is -1.11. The molecule has 4 aromatic rings. The fourth-order valence-corrected chi connectivity index (χ4v) is 6.20. The van der Waals surface area contributed by atoms with Crippen LogP contribution in [0, 0.1) is 6.57 Å². The van der Waals surface area contributed by atoms with Gasteiger partial charge in [0.25, 0.3) is 21.5 Å². The highest BCUT2D eigenvalue weighted by Gasteiger charge is 2.34. The van der Waals surface area contributed by atoms with Crippen molar-refractivity contribution in [1.29, 1.82) is 0 Å².